The Morgan fingerprint density at radius 1 is 0.841 bits per heavy atom. The number of aliphatic hydroxyl groups excluding tert-OH is 2. The molecule has 0 aromatic rings. The molecule has 1 aliphatic carbocycles. The zero-order valence-electron chi connectivity index (χ0n) is 39.3. The summed E-state index contributed by atoms with van der Waals surface area (Å²) < 4.78 is 23.8. The standard InChI is InChI=1S/C50H77NO12/c1-30-15-11-10-12-16-31(2)44(60-8)27-38-20-18-36(7)50(59,63-38)47(56)48(57)51-22-14-13-17-39(51)49(58)62-45(35(6)25-37-19-21-40(52)46(26-37)61-9)29-43(55)34(5)24-33(4)42(54)28-41(53)32(3)23-30/h10-12,15-16,24,30,32,34-40,42,44-46,52,54,59H,13-14,17-23,25-29H2,1-9H3/b12-10+,15-11+,31-16+,33-24+/t30-,32-,34-,35-,36-,37+,38+,39+,40?,42+,44+,45+,46-,50-/m1/s1. The van der Waals surface area contributed by atoms with E-state index in [1.807, 2.05) is 58.1 Å². The number of ether oxygens (including phenoxy) is 4. The van der Waals surface area contributed by atoms with Crippen LogP contribution in [0.25, 0.3) is 0 Å². The summed E-state index contributed by atoms with van der Waals surface area (Å²) in [6.45, 7) is 12.9. The van der Waals surface area contributed by atoms with Crippen molar-refractivity contribution in [3.8, 4) is 0 Å². The Kier molecular flexibility index (Phi) is 20.1. The van der Waals surface area contributed by atoms with E-state index in [1.54, 1.807) is 41.1 Å². The SMILES string of the molecule is CO[C@H]1C[C@@H]2CC[C@@H](C)[C@@](O)(O2)C(=O)C(=O)N2CCCC[C@H]2C(=O)O[C@H]([C@H](C)C[C@@H]2CCC(O)[C@H](OC)C2)CC(=O)[C@H](C)/C=C(\C)[C@@H](O)CC(=O)[C@H](C)C[C@H](C)/C=C/C=C/C=C/1C. The van der Waals surface area contributed by atoms with Crippen molar-refractivity contribution >= 4 is 29.2 Å². The maximum absolute atomic E-state index is 14.3. The van der Waals surface area contributed by atoms with Crippen molar-refractivity contribution in [2.75, 3.05) is 20.8 Å². The molecule has 0 aromatic heterocycles. The fraction of sp³-hybridized carbons (Fsp3) is 0.740. The van der Waals surface area contributed by atoms with Crippen LogP contribution in [-0.4, -0.2) is 119 Å². The molecule has 1 saturated carbocycles. The van der Waals surface area contributed by atoms with Crippen molar-refractivity contribution in [2.45, 2.75) is 180 Å². The molecule has 13 nitrogen and oxygen atoms in total. The molecule has 13 heteroatoms. The number of cyclic esters (lactones) is 1. The normalized spacial score (nSPS) is 40.1. The van der Waals surface area contributed by atoms with Gasteiger partial charge in [-0.15, -0.1) is 0 Å². The van der Waals surface area contributed by atoms with Gasteiger partial charge >= 0.3 is 5.97 Å². The van der Waals surface area contributed by atoms with E-state index in [4.69, 9.17) is 18.9 Å². The summed E-state index contributed by atoms with van der Waals surface area (Å²) in [5.41, 5.74) is 1.39. The molecule has 0 radical (unpaired) electrons. The van der Waals surface area contributed by atoms with Crippen LogP contribution < -0.4 is 0 Å². The lowest BCUT2D eigenvalue weighted by atomic mass is 9.78. The van der Waals surface area contributed by atoms with Gasteiger partial charge in [0.05, 0.1) is 30.5 Å². The zero-order valence-corrected chi connectivity index (χ0v) is 39.3. The van der Waals surface area contributed by atoms with Gasteiger partial charge in [-0.3, -0.25) is 19.2 Å². The Bertz CT molecular complexity index is 1700. The van der Waals surface area contributed by atoms with Gasteiger partial charge < -0.3 is 39.2 Å². The van der Waals surface area contributed by atoms with Gasteiger partial charge in [-0.05, 0) is 107 Å². The Morgan fingerprint density at radius 3 is 2.27 bits per heavy atom. The van der Waals surface area contributed by atoms with Gasteiger partial charge in [0, 0.05) is 57.8 Å². The van der Waals surface area contributed by atoms with Crippen molar-refractivity contribution in [1.29, 1.82) is 0 Å². The summed E-state index contributed by atoms with van der Waals surface area (Å²) in [4.78, 5) is 71.1. The second-order valence-corrected chi connectivity index (χ2v) is 19.3. The van der Waals surface area contributed by atoms with Crippen LogP contribution in [0.3, 0.4) is 0 Å². The highest BCUT2D eigenvalue weighted by atomic mass is 16.6. The van der Waals surface area contributed by atoms with Crippen LogP contribution in [0, 0.1) is 35.5 Å². The van der Waals surface area contributed by atoms with Gasteiger partial charge in [-0.1, -0.05) is 71.1 Å². The molecule has 3 N–H and O–H groups in total. The predicted octanol–water partition coefficient (Wildman–Crippen LogP) is 6.56. The first-order valence-corrected chi connectivity index (χ1v) is 23.4. The van der Waals surface area contributed by atoms with Gasteiger partial charge in [-0.25, -0.2) is 4.79 Å². The van der Waals surface area contributed by atoms with Crippen molar-refractivity contribution in [3.05, 3.63) is 47.6 Å². The van der Waals surface area contributed by atoms with E-state index in [0.29, 0.717) is 63.4 Å². The average Bonchev–Trinajstić information content (AvgIpc) is 3.25. The Hall–Kier alpha value is -3.33. The first-order valence-electron chi connectivity index (χ1n) is 23.4. The van der Waals surface area contributed by atoms with Gasteiger partial charge in [0.25, 0.3) is 11.7 Å². The number of allylic oxidation sites excluding steroid dienone is 6. The van der Waals surface area contributed by atoms with Crippen LogP contribution in [-0.2, 0) is 42.9 Å². The molecule has 63 heavy (non-hydrogen) atoms. The molecule has 0 spiro atoms. The zero-order chi connectivity index (χ0) is 46.6. The number of aliphatic hydroxyl groups is 3. The molecule has 3 fully saturated rings. The Balaban J connectivity index is 1.67. The minimum atomic E-state index is -2.42. The van der Waals surface area contributed by atoms with Crippen molar-refractivity contribution < 1.29 is 58.2 Å². The number of fused-ring (bicyclic) bond motifs is 3. The molecule has 3 heterocycles. The minimum Gasteiger partial charge on any atom is -0.460 e. The Labute approximate surface area is 375 Å². The first kappa shape index (κ1) is 52.3. The number of nitrogens with zero attached hydrogens (tertiary/aromatic N) is 1. The monoisotopic (exact) mass is 884 g/mol. The number of methoxy groups -OCH3 is 2. The number of piperidine rings is 1. The van der Waals surface area contributed by atoms with E-state index in [-0.39, 0.29) is 67.1 Å². The quantitative estimate of drug-likeness (QED) is 0.154. The van der Waals surface area contributed by atoms with Crippen molar-refractivity contribution in [2.24, 2.45) is 35.5 Å². The van der Waals surface area contributed by atoms with Crippen LogP contribution in [0.1, 0.15) is 132 Å². The maximum Gasteiger partial charge on any atom is 0.329 e. The summed E-state index contributed by atoms with van der Waals surface area (Å²) in [5, 5.41) is 33.5. The molecular formula is C50H77NO12. The molecule has 2 bridgehead atoms. The van der Waals surface area contributed by atoms with E-state index in [2.05, 4.69) is 0 Å². The number of carbonyl (C=O) groups excluding carboxylic acids is 5. The third-order valence-electron chi connectivity index (χ3n) is 14.2. The van der Waals surface area contributed by atoms with E-state index in [0.717, 1.165) is 12.0 Å². The molecule has 3 aliphatic heterocycles. The lowest BCUT2D eigenvalue weighted by Gasteiger charge is -2.42. The fourth-order valence-corrected chi connectivity index (χ4v) is 9.78. The number of carbonyl (C=O) groups is 5. The highest BCUT2D eigenvalue weighted by molar-refractivity contribution is 6.39. The highest BCUT2D eigenvalue weighted by Gasteiger charge is 2.53. The van der Waals surface area contributed by atoms with Crippen LogP contribution in [0.5, 0.6) is 0 Å². The Morgan fingerprint density at radius 2 is 1.57 bits per heavy atom. The predicted molar refractivity (Wildman–Crippen MR) is 239 cm³/mol. The molecule has 2 saturated heterocycles. The van der Waals surface area contributed by atoms with Gasteiger partial charge in [-0.2, -0.15) is 0 Å². The van der Waals surface area contributed by atoms with Crippen LogP contribution >= 0.6 is 0 Å². The summed E-state index contributed by atoms with van der Waals surface area (Å²) in [6.07, 6.45) is 13.0. The summed E-state index contributed by atoms with van der Waals surface area (Å²) in [7, 11) is 3.15. The third-order valence-corrected chi connectivity index (χ3v) is 14.2. The molecule has 354 valence electrons. The average molecular weight is 884 g/mol. The van der Waals surface area contributed by atoms with Crippen molar-refractivity contribution in [1.82, 2.24) is 4.90 Å². The molecular weight excluding hydrogens is 807 g/mol. The molecule has 4 aliphatic rings. The molecule has 1 unspecified atom stereocenters. The lowest BCUT2D eigenvalue weighted by Crippen LogP contribution is -2.61. The number of hydrogen-bond acceptors (Lipinski definition) is 12. The first-order chi connectivity index (χ1) is 29.8. The van der Waals surface area contributed by atoms with E-state index < -0.39 is 71.8 Å². The lowest BCUT2D eigenvalue weighted by molar-refractivity contribution is -0.265. The van der Waals surface area contributed by atoms with Gasteiger partial charge in [0.2, 0.25) is 5.79 Å². The van der Waals surface area contributed by atoms with E-state index >= 15 is 0 Å². The highest BCUT2D eigenvalue weighted by Crippen LogP contribution is 2.37. The van der Waals surface area contributed by atoms with Crippen molar-refractivity contribution in [3.63, 3.8) is 0 Å². The van der Waals surface area contributed by atoms with Crippen LogP contribution in [0.2, 0.25) is 0 Å². The van der Waals surface area contributed by atoms with E-state index in [9.17, 15) is 39.3 Å². The number of Topliss-reactive ketones (excluding diaryl/α,β-unsaturated/α-hetero) is 3. The largest absolute Gasteiger partial charge is 0.460 e. The number of ketones is 3. The van der Waals surface area contributed by atoms with Crippen LogP contribution in [0.4, 0.5) is 0 Å². The number of hydrogen-bond donors (Lipinski definition) is 3. The fourth-order valence-electron chi connectivity index (χ4n) is 9.78. The summed E-state index contributed by atoms with van der Waals surface area (Å²) >= 11 is 0. The van der Waals surface area contributed by atoms with E-state index in [1.165, 1.54) is 4.90 Å². The molecule has 1 amide bonds. The van der Waals surface area contributed by atoms with Gasteiger partial charge in [0.15, 0.2) is 0 Å². The minimum absolute atomic E-state index is 0.0725. The smallest absolute Gasteiger partial charge is 0.329 e. The van der Waals surface area contributed by atoms with Crippen LogP contribution in [0.15, 0.2) is 47.6 Å². The third kappa shape index (κ3) is 14.3. The second-order valence-electron chi connectivity index (χ2n) is 19.3. The molecule has 4 rings (SSSR count). The topological polar surface area (TPSA) is 186 Å². The number of rotatable bonds is 5. The molecule has 14 atom stereocenters. The number of amides is 1. The second kappa shape index (κ2) is 24.3. The summed E-state index contributed by atoms with van der Waals surface area (Å²) in [6, 6.07) is -1.12. The van der Waals surface area contributed by atoms with Gasteiger partial charge in [0.1, 0.15) is 23.7 Å². The molecule has 0 aromatic carbocycles. The maximum atomic E-state index is 14.3. The summed E-state index contributed by atoms with van der Waals surface area (Å²) in [5.74, 6) is -7.36. The number of esters is 1.